The first kappa shape index (κ1) is 21.0. The van der Waals surface area contributed by atoms with Gasteiger partial charge in [0.15, 0.2) is 5.96 Å². The molecule has 0 bridgehead atoms. The molecule has 1 saturated heterocycles. The van der Waals surface area contributed by atoms with Crippen LogP contribution in [0.25, 0.3) is 0 Å². The van der Waals surface area contributed by atoms with Gasteiger partial charge < -0.3 is 20.1 Å². The van der Waals surface area contributed by atoms with Gasteiger partial charge in [-0.3, -0.25) is 4.99 Å². The fraction of sp³-hybridized carbons (Fsp3) is 0.611. The number of aliphatic imine (C=N–C) groups is 1. The fourth-order valence-electron chi connectivity index (χ4n) is 2.57. The molecule has 1 aromatic carbocycles. The van der Waals surface area contributed by atoms with Gasteiger partial charge in [0.1, 0.15) is 5.75 Å². The molecule has 1 fully saturated rings. The summed E-state index contributed by atoms with van der Waals surface area (Å²) < 4.78 is 11.5. The third kappa shape index (κ3) is 6.84. The van der Waals surface area contributed by atoms with Crippen molar-refractivity contribution in [1.29, 1.82) is 0 Å². The van der Waals surface area contributed by atoms with Gasteiger partial charge in [-0.2, -0.15) is 0 Å². The molecule has 0 spiro atoms. The Kier molecular flexibility index (Phi) is 10.1. The molecule has 1 aliphatic rings. The highest BCUT2D eigenvalue weighted by Crippen LogP contribution is 2.20. The topological polar surface area (TPSA) is 54.9 Å². The van der Waals surface area contributed by atoms with Crippen molar-refractivity contribution in [2.75, 3.05) is 26.8 Å². The van der Waals surface area contributed by atoms with Gasteiger partial charge in [-0.25, -0.2) is 0 Å². The van der Waals surface area contributed by atoms with E-state index in [0.29, 0.717) is 12.6 Å². The van der Waals surface area contributed by atoms with Crippen LogP contribution in [-0.4, -0.2) is 38.9 Å². The molecule has 1 aliphatic heterocycles. The highest BCUT2D eigenvalue weighted by molar-refractivity contribution is 14.0. The first-order valence-electron chi connectivity index (χ1n) is 8.51. The number of aryl methyl sites for hydroxylation is 1. The van der Waals surface area contributed by atoms with Crippen molar-refractivity contribution >= 4 is 29.9 Å². The lowest BCUT2D eigenvalue weighted by molar-refractivity contribution is 0.114. The van der Waals surface area contributed by atoms with Crippen LogP contribution >= 0.6 is 24.0 Å². The van der Waals surface area contributed by atoms with E-state index >= 15 is 0 Å². The second-order valence-corrected chi connectivity index (χ2v) is 5.90. The summed E-state index contributed by atoms with van der Waals surface area (Å²) in [6.45, 7) is 7.29. The number of ether oxygens (including phenoxy) is 2. The quantitative estimate of drug-likeness (QED) is 0.383. The molecule has 0 amide bonds. The lowest BCUT2D eigenvalue weighted by Gasteiger charge is -2.17. The SMILES string of the molecule is CCCOc1cc(C)ccc1CNC(=NC)NCC1CCCO1.I. The zero-order chi connectivity index (χ0) is 16.5. The monoisotopic (exact) mass is 447 g/mol. The Morgan fingerprint density at radius 1 is 1.38 bits per heavy atom. The molecule has 1 heterocycles. The van der Waals surface area contributed by atoms with Crippen molar-refractivity contribution in [3.8, 4) is 5.75 Å². The summed E-state index contributed by atoms with van der Waals surface area (Å²) in [5.41, 5.74) is 2.35. The van der Waals surface area contributed by atoms with Crippen LogP contribution in [0.3, 0.4) is 0 Å². The molecular weight excluding hydrogens is 417 g/mol. The molecule has 24 heavy (non-hydrogen) atoms. The number of nitrogens with zero attached hydrogens (tertiary/aromatic N) is 1. The van der Waals surface area contributed by atoms with Gasteiger partial charge in [0.2, 0.25) is 0 Å². The summed E-state index contributed by atoms with van der Waals surface area (Å²) in [6.07, 6.45) is 3.58. The number of nitrogens with one attached hydrogen (secondary N) is 2. The Bertz CT molecular complexity index is 517. The zero-order valence-electron chi connectivity index (χ0n) is 14.9. The van der Waals surface area contributed by atoms with E-state index in [1.54, 1.807) is 7.05 Å². The Morgan fingerprint density at radius 2 is 2.21 bits per heavy atom. The fourth-order valence-corrected chi connectivity index (χ4v) is 2.57. The van der Waals surface area contributed by atoms with E-state index in [4.69, 9.17) is 9.47 Å². The minimum Gasteiger partial charge on any atom is -0.493 e. The maximum atomic E-state index is 5.85. The molecule has 0 saturated carbocycles. The highest BCUT2D eigenvalue weighted by atomic mass is 127. The third-order valence-corrected chi connectivity index (χ3v) is 3.88. The molecule has 0 aliphatic carbocycles. The summed E-state index contributed by atoms with van der Waals surface area (Å²) in [7, 11) is 1.79. The largest absolute Gasteiger partial charge is 0.493 e. The van der Waals surface area contributed by atoms with E-state index in [1.165, 1.54) is 5.56 Å². The van der Waals surface area contributed by atoms with Gasteiger partial charge in [0.25, 0.3) is 0 Å². The van der Waals surface area contributed by atoms with Crippen LogP contribution in [0.4, 0.5) is 0 Å². The van der Waals surface area contributed by atoms with Gasteiger partial charge in [-0.1, -0.05) is 19.1 Å². The molecule has 1 atom stereocenters. The second-order valence-electron chi connectivity index (χ2n) is 5.90. The number of hydrogen-bond donors (Lipinski definition) is 2. The number of rotatable bonds is 7. The number of guanidine groups is 1. The van der Waals surface area contributed by atoms with Gasteiger partial charge in [0, 0.05) is 32.3 Å². The van der Waals surface area contributed by atoms with Gasteiger partial charge in [-0.15, -0.1) is 24.0 Å². The minimum absolute atomic E-state index is 0. The highest BCUT2D eigenvalue weighted by Gasteiger charge is 2.15. The summed E-state index contributed by atoms with van der Waals surface area (Å²) >= 11 is 0. The van der Waals surface area contributed by atoms with E-state index < -0.39 is 0 Å². The molecule has 1 unspecified atom stereocenters. The lowest BCUT2D eigenvalue weighted by atomic mass is 10.1. The van der Waals surface area contributed by atoms with Crippen molar-refractivity contribution < 1.29 is 9.47 Å². The molecule has 0 aromatic heterocycles. The van der Waals surface area contributed by atoms with Crippen molar-refractivity contribution in [2.24, 2.45) is 4.99 Å². The van der Waals surface area contributed by atoms with E-state index in [9.17, 15) is 0 Å². The lowest BCUT2D eigenvalue weighted by Crippen LogP contribution is -2.40. The number of halogens is 1. The second kappa shape index (κ2) is 11.5. The zero-order valence-corrected chi connectivity index (χ0v) is 17.3. The summed E-state index contributed by atoms with van der Waals surface area (Å²) in [5.74, 6) is 1.75. The standard InChI is InChI=1S/C18H29N3O2.HI/c1-4-9-23-17-11-14(2)7-8-15(17)12-20-18(19-3)21-13-16-6-5-10-22-16;/h7-8,11,16H,4-6,9-10,12-13H2,1-3H3,(H2,19,20,21);1H. The Hall–Kier alpha value is -1.02. The summed E-state index contributed by atoms with van der Waals surface area (Å²) in [6, 6.07) is 6.31. The van der Waals surface area contributed by atoms with Crippen molar-refractivity contribution in [2.45, 2.75) is 45.8 Å². The molecular formula is C18H30IN3O2. The predicted molar refractivity (Wildman–Crippen MR) is 110 cm³/mol. The molecule has 5 nitrogen and oxygen atoms in total. The summed E-state index contributed by atoms with van der Waals surface area (Å²) in [4.78, 5) is 4.27. The van der Waals surface area contributed by atoms with Gasteiger partial charge in [0.05, 0.1) is 12.7 Å². The van der Waals surface area contributed by atoms with Crippen LogP contribution in [0.2, 0.25) is 0 Å². The van der Waals surface area contributed by atoms with Gasteiger partial charge in [-0.05, 0) is 37.8 Å². The van der Waals surface area contributed by atoms with E-state index in [0.717, 1.165) is 56.3 Å². The van der Waals surface area contributed by atoms with E-state index in [2.05, 4.69) is 47.7 Å². The Morgan fingerprint density at radius 3 is 2.88 bits per heavy atom. The van der Waals surface area contributed by atoms with Crippen LogP contribution < -0.4 is 15.4 Å². The Balaban J connectivity index is 0.00000288. The van der Waals surface area contributed by atoms with Crippen molar-refractivity contribution in [1.82, 2.24) is 10.6 Å². The average molecular weight is 447 g/mol. The van der Waals surface area contributed by atoms with Crippen LogP contribution in [0, 0.1) is 6.92 Å². The third-order valence-electron chi connectivity index (χ3n) is 3.88. The minimum atomic E-state index is 0. The molecule has 136 valence electrons. The van der Waals surface area contributed by atoms with Crippen LogP contribution in [0.1, 0.15) is 37.3 Å². The first-order valence-corrected chi connectivity index (χ1v) is 8.51. The number of benzene rings is 1. The molecule has 1 aromatic rings. The Labute approximate surface area is 162 Å². The number of hydrogen-bond acceptors (Lipinski definition) is 3. The molecule has 0 radical (unpaired) electrons. The average Bonchev–Trinajstić information content (AvgIpc) is 3.07. The van der Waals surface area contributed by atoms with Crippen LogP contribution in [0.5, 0.6) is 5.75 Å². The van der Waals surface area contributed by atoms with Crippen LogP contribution in [-0.2, 0) is 11.3 Å². The molecule has 2 N–H and O–H groups in total. The summed E-state index contributed by atoms with van der Waals surface area (Å²) in [5, 5.41) is 6.68. The maximum Gasteiger partial charge on any atom is 0.191 e. The van der Waals surface area contributed by atoms with Crippen LogP contribution in [0.15, 0.2) is 23.2 Å². The van der Waals surface area contributed by atoms with Crippen molar-refractivity contribution in [3.05, 3.63) is 29.3 Å². The smallest absolute Gasteiger partial charge is 0.191 e. The van der Waals surface area contributed by atoms with Gasteiger partial charge >= 0.3 is 0 Å². The maximum absolute atomic E-state index is 5.85. The van der Waals surface area contributed by atoms with E-state index in [-0.39, 0.29) is 24.0 Å². The van der Waals surface area contributed by atoms with E-state index in [1.807, 2.05) is 0 Å². The molecule has 2 rings (SSSR count). The molecule has 6 heteroatoms. The normalized spacial score (nSPS) is 17.3. The predicted octanol–water partition coefficient (Wildman–Crippen LogP) is 3.25. The van der Waals surface area contributed by atoms with Crippen molar-refractivity contribution in [3.63, 3.8) is 0 Å². The first-order chi connectivity index (χ1) is 11.2.